The van der Waals surface area contributed by atoms with E-state index in [0.29, 0.717) is 19.0 Å². The van der Waals surface area contributed by atoms with Gasteiger partial charge >= 0.3 is 6.03 Å². The number of amides is 3. The Bertz CT molecular complexity index is 586. The van der Waals surface area contributed by atoms with E-state index < -0.39 is 29.8 Å². The Labute approximate surface area is 119 Å². The number of aliphatic hydroxyl groups excluding tert-OH is 1. The van der Waals surface area contributed by atoms with Crippen LogP contribution in [0.3, 0.4) is 0 Å². The normalized spacial score (nSPS) is 22.9. The highest BCUT2D eigenvalue weighted by atomic mass is 19.1. The van der Waals surface area contributed by atoms with Gasteiger partial charge in [-0.2, -0.15) is 0 Å². The van der Waals surface area contributed by atoms with Crippen molar-refractivity contribution < 1.29 is 23.5 Å². The number of hydrogen-bond donors (Lipinski definition) is 1. The van der Waals surface area contributed by atoms with Crippen LogP contribution in [0.5, 0.6) is 0 Å². The van der Waals surface area contributed by atoms with Gasteiger partial charge in [0.15, 0.2) is 0 Å². The molecule has 2 saturated heterocycles. The molecule has 0 unspecified atom stereocenters. The first-order valence-electron chi connectivity index (χ1n) is 6.74. The highest BCUT2D eigenvalue weighted by Gasteiger charge is 2.47. The Balaban J connectivity index is 1.77. The maximum atomic E-state index is 13.6. The number of carbonyl (C=O) groups excluding carboxylic acids is 2. The topological polar surface area (TPSA) is 60.9 Å². The van der Waals surface area contributed by atoms with Crippen LogP contribution >= 0.6 is 0 Å². The van der Waals surface area contributed by atoms with E-state index >= 15 is 0 Å². The SMILES string of the molecule is O=C1[C@H]2CCCN2C(=O)N1C[C@@H](O)c1ccc(F)cc1F. The van der Waals surface area contributed by atoms with Gasteiger partial charge in [0, 0.05) is 18.2 Å². The molecule has 1 aromatic rings. The minimum Gasteiger partial charge on any atom is -0.386 e. The van der Waals surface area contributed by atoms with Crippen molar-refractivity contribution in [2.75, 3.05) is 13.1 Å². The third kappa shape index (κ3) is 2.27. The second kappa shape index (κ2) is 5.07. The lowest BCUT2D eigenvalue weighted by Gasteiger charge is -2.19. The lowest BCUT2D eigenvalue weighted by Crippen LogP contribution is -2.36. The third-order valence-electron chi connectivity index (χ3n) is 3.96. The fourth-order valence-corrected chi connectivity index (χ4v) is 2.89. The zero-order chi connectivity index (χ0) is 15.1. The number of imide groups is 1. The van der Waals surface area contributed by atoms with Gasteiger partial charge < -0.3 is 10.0 Å². The summed E-state index contributed by atoms with van der Waals surface area (Å²) < 4.78 is 26.4. The monoisotopic (exact) mass is 296 g/mol. The van der Waals surface area contributed by atoms with Crippen LogP contribution in [0.4, 0.5) is 13.6 Å². The molecular weight excluding hydrogens is 282 g/mol. The van der Waals surface area contributed by atoms with Crippen molar-refractivity contribution in [3.8, 4) is 0 Å². The molecule has 0 radical (unpaired) electrons. The lowest BCUT2D eigenvalue weighted by atomic mass is 10.1. The summed E-state index contributed by atoms with van der Waals surface area (Å²) in [4.78, 5) is 26.6. The van der Waals surface area contributed by atoms with Crippen molar-refractivity contribution in [1.29, 1.82) is 0 Å². The average molecular weight is 296 g/mol. The molecule has 21 heavy (non-hydrogen) atoms. The number of β-amino-alcohol motifs (C(OH)–C–C–N with tert-alkyl or cyclic N) is 1. The van der Waals surface area contributed by atoms with E-state index in [2.05, 4.69) is 0 Å². The molecule has 0 aliphatic carbocycles. The number of fused-ring (bicyclic) bond motifs is 1. The van der Waals surface area contributed by atoms with E-state index in [0.717, 1.165) is 23.5 Å². The number of carbonyl (C=O) groups is 2. The Hall–Kier alpha value is -2.02. The van der Waals surface area contributed by atoms with Crippen LogP contribution in [0.1, 0.15) is 24.5 Å². The molecule has 112 valence electrons. The highest BCUT2D eigenvalue weighted by Crippen LogP contribution is 2.29. The Morgan fingerprint density at radius 3 is 2.76 bits per heavy atom. The first-order valence-corrected chi connectivity index (χ1v) is 6.74. The molecule has 0 bridgehead atoms. The Morgan fingerprint density at radius 1 is 1.33 bits per heavy atom. The average Bonchev–Trinajstić information content (AvgIpc) is 2.99. The quantitative estimate of drug-likeness (QED) is 0.858. The molecule has 1 N–H and O–H groups in total. The van der Waals surface area contributed by atoms with Crippen molar-refractivity contribution >= 4 is 11.9 Å². The molecule has 2 heterocycles. The second-order valence-electron chi connectivity index (χ2n) is 5.26. The number of benzene rings is 1. The van der Waals surface area contributed by atoms with Crippen molar-refractivity contribution in [3.05, 3.63) is 35.4 Å². The lowest BCUT2D eigenvalue weighted by molar-refractivity contribution is -0.129. The molecule has 2 aliphatic rings. The van der Waals surface area contributed by atoms with Gasteiger partial charge in [-0.25, -0.2) is 13.6 Å². The summed E-state index contributed by atoms with van der Waals surface area (Å²) in [5, 5.41) is 10.0. The van der Waals surface area contributed by atoms with E-state index in [1.165, 1.54) is 4.90 Å². The highest BCUT2D eigenvalue weighted by molar-refractivity contribution is 6.04. The number of urea groups is 1. The van der Waals surface area contributed by atoms with Crippen LogP contribution in [-0.4, -0.2) is 46.0 Å². The molecule has 1 aromatic carbocycles. The largest absolute Gasteiger partial charge is 0.386 e. The van der Waals surface area contributed by atoms with Gasteiger partial charge in [-0.05, 0) is 18.9 Å². The van der Waals surface area contributed by atoms with Gasteiger partial charge in [0.1, 0.15) is 17.7 Å². The summed E-state index contributed by atoms with van der Waals surface area (Å²) in [7, 11) is 0. The van der Waals surface area contributed by atoms with E-state index in [1.54, 1.807) is 0 Å². The second-order valence-corrected chi connectivity index (χ2v) is 5.26. The van der Waals surface area contributed by atoms with E-state index in [9.17, 15) is 23.5 Å². The molecule has 7 heteroatoms. The zero-order valence-electron chi connectivity index (χ0n) is 11.1. The van der Waals surface area contributed by atoms with Crippen LogP contribution in [-0.2, 0) is 4.79 Å². The summed E-state index contributed by atoms with van der Waals surface area (Å²) in [6.07, 6.45) is 0.0197. The van der Waals surface area contributed by atoms with Crippen molar-refractivity contribution in [1.82, 2.24) is 9.80 Å². The zero-order valence-corrected chi connectivity index (χ0v) is 11.1. The molecule has 3 rings (SSSR count). The van der Waals surface area contributed by atoms with Crippen LogP contribution in [0.15, 0.2) is 18.2 Å². The minimum atomic E-state index is -1.38. The number of aliphatic hydroxyl groups is 1. The standard InChI is InChI=1S/C14H14F2N2O3/c15-8-3-4-9(10(16)6-8)12(19)7-18-13(20)11-2-1-5-17(11)14(18)21/h3-4,6,11-12,19H,1-2,5,7H2/t11-,12-/m1/s1. The maximum Gasteiger partial charge on any atom is 0.327 e. The van der Waals surface area contributed by atoms with Crippen LogP contribution in [0.2, 0.25) is 0 Å². The summed E-state index contributed by atoms with van der Waals surface area (Å²) in [6, 6.07) is 1.88. The van der Waals surface area contributed by atoms with E-state index in [4.69, 9.17) is 0 Å². The number of halogens is 2. The molecule has 2 aliphatic heterocycles. The maximum absolute atomic E-state index is 13.6. The van der Waals surface area contributed by atoms with Crippen molar-refractivity contribution in [3.63, 3.8) is 0 Å². The number of rotatable bonds is 3. The summed E-state index contributed by atoms with van der Waals surface area (Å²) in [5.74, 6) is -2.02. The summed E-state index contributed by atoms with van der Waals surface area (Å²) in [6.45, 7) is 0.194. The fourth-order valence-electron chi connectivity index (χ4n) is 2.89. The molecule has 0 saturated carbocycles. The molecule has 0 aromatic heterocycles. The van der Waals surface area contributed by atoms with Gasteiger partial charge in [0.2, 0.25) is 0 Å². The van der Waals surface area contributed by atoms with E-state index in [-0.39, 0.29) is 18.0 Å². The smallest absolute Gasteiger partial charge is 0.327 e. The minimum absolute atomic E-state index is 0.135. The first kappa shape index (κ1) is 13.9. The number of hydrogen-bond acceptors (Lipinski definition) is 3. The molecule has 2 atom stereocenters. The third-order valence-corrected chi connectivity index (χ3v) is 3.96. The van der Waals surface area contributed by atoms with Gasteiger partial charge in [-0.1, -0.05) is 6.07 Å². The first-order chi connectivity index (χ1) is 9.99. The van der Waals surface area contributed by atoms with Gasteiger partial charge in [0.25, 0.3) is 5.91 Å². The predicted octanol–water partition coefficient (Wildman–Crippen LogP) is 1.42. The van der Waals surface area contributed by atoms with Gasteiger partial charge in [0.05, 0.1) is 12.6 Å². The molecule has 5 nitrogen and oxygen atoms in total. The Kier molecular flexibility index (Phi) is 3.36. The van der Waals surface area contributed by atoms with E-state index in [1.807, 2.05) is 0 Å². The summed E-state index contributed by atoms with van der Waals surface area (Å²) >= 11 is 0. The molecule has 0 spiro atoms. The van der Waals surface area contributed by atoms with Crippen molar-refractivity contribution in [2.24, 2.45) is 0 Å². The Morgan fingerprint density at radius 2 is 2.10 bits per heavy atom. The van der Waals surface area contributed by atoms with Crippen LogP contribution in [0.25, 0.3) is 0 Å². The van der Waals surface area contributed by atoms with Gasteiger partial charge in [-0.3, -0.25) is 9.69 Å². The van der Waals surface area contributed by atoms with Crippen LogP contribution < -0.4 is 0 Å². The number of nitrogens with zero attached hydrogens (tertiary/aromatic N) is 2. The molecular formula is C14H14F2N2O3. The molecule has 2 fully saturated rings. The summed E-state index contributed by atoms with van der Waals surface area (Å²) in [5.41, 5.74) is -0.135. The van der Waals surface area contributed by atoms with Crippen LogP contribution in [0, 0.1) is 11.6 Å². The fraction of sp³-hybridized carbons (Fsp3) is 0.429. The molecule has 3 amide bonds. The predicted molar refractivity (Wildman–Crippen MR) is 68.2 cm³/mol. The van der Waals surface area contributed by atoms with Gasteiger partial charge in [-0.15, -0.1) is 0 Å². The van der Waals surface area contributed by atoms with Crippen molar-refractivity contribution in [2.45, 2.75) is 25.0 Å².